The van der Waals surface area contributed by atoms with E-state index in [0.29, 0.717) is 0 Å². The highest BCUT2D eigenvalue weighted by Crippen LogP contribution is 2.24. The summed E-state index contributed by atoms with van der Waals surface area (Å²) in [5, 5.41) is 4.36. The minimum atomic E-state index is -4.94. The van der Waals surface area contributed by atoms with Crippen LogP contribution in [0.25, 0.3) is 11.1 Å². The van der Waals surface area contributed by atoms with E-state index in [-0.39, 0.29) is 0 Å². The van der Waals surface area contributed by atoms with E-state index in [0.717, 1.165) is 0 Å². The van der Waals surface area contributed by atoms with E-state index in [2.05, 4.69) is 35.0 Å². The molecular formula is C9H7ClO4S2. The summed E-state index contributed by atoms with van der Waals surface area (Å²) in [6, 6.07) is 10.4. The summed E-state index contributed by atoms with van der Waals surface area (Å²) in [6.45, 7) is 0. The average molecular weight is 279 g/mol. The molecule has 0 radical (unpaired) electrons. The molecular weight excluding hydrogens is 272 g/mol. The molecule has 0 bridgehead atoms. The van der Waals surface area contributed by atoms with Gasteiger partial charge in [0.2, 0.25) is 5.38 Å². The van der Waals surface area contributed by atoms with Crippen LogP contribution in [0.2, 0.25) is 0 Å². The third kappa shape index (κ3) is 6.09. The van der Waals surface area contributed by atoms with Gasteiger partial charge in [0, 0.05) is 0 Å². The van der Waals surface area contributed by atoms with E-state index in [1.54, 1.807) is 20.7 Å². The molecule has 0 fully saturated rings. The van der Waals surface area contributed by atoms with Crippen molar-refractivity contribution >= 4 is 20.7 Å². The summed E-state index contributed by atoms with van der Waals surface area (Å²) < 4.78 is 34.0. The first-order chi connectivity index (χ1) is 7.47. The fraction of sp³-hybridized carbons (Fsp3) is 0. The van der Waals surface area contributed by atoms with Gasteiger partial charge < -0.3 is 0 Å². The number of hydrogen-bond acceptors (Lipinski definition) is 5. The molecule has 0 unspecified atom stereocenters. The molecule has 0 saturated carbocycles. The number of rotatable bonds is 1. The molecule has 2 aromatic rings. The minimum absolute atomic E-state index is 1.31. The first-order valence-electron chi connectivity index (χ1n) is 3.99. The van der Waals surface area contributed by atoms with Crippen LogP contribution in [0.1, 0.15) is 0 Å². The quantitative estimate of drug-likeness (QED) is 0.494. The van der Waals surface area contributed by atoms with Gasteiger partial charge in [0.15, 0.2) is 10.3 Å². The largest absolute Gasteiger partial charge is 0.292 e. The summed E-state index contributed by atoms with van der Waals surface area (Å²) >= 11 is 0. The van der Waals surface area contributed by atoms with Crippen LogP contribution < -0.4 is 18.6 Å². The predicted molar refractivity (Wildman–Crippen MR) is 52.0 cm³/mol. The predicted octanol–water partition coefficient (Wildman–Crippen LogP) is -0.998. The Kier molecular flexibility index (Phi) is 5.23. The van der Waals surface area contributed by atoms with Crippen LogP contribution >= 0.6 is 20.7 Å². The fourth-order valence-corrected chi connectivity index (χ4v) is 2.72. The lowest BCUT2D eigenvalue weighted by atomic mass is 10.1. The summed E-state index contributed by atoms with van der Waals surface area (Å²) in [7, 11) is -1.39. The zero-order chi connectivity index (χ0) is 12.0. The Morgan fingerprint density at radius 2 is 1.50 bits per heavy atom. The van der Waals surface area contributed by atoms with Crippen LogP contribution in [-0.4, -0.2) is 0 Å². The lowest BCUT2D eigenvalue weighted by Gasteiger charge is -2.17. The molecule has 0 saturated heterocycles. The van der Waals surface area contributed by atoms with Gasteiger partial charge in [-0.2, -0.15) is 0 Å². The Bertz CT molecular complexity index is 393. The second-order valence-corrected chi connectivity index (χ2v) is 5.39. The van der Waals surface area contributed by atoms with Crippen LogP contribution in [0.15, 0.2) is 41.1 Å². The zero-order valence-corrected chi connectivity index (χ0v) is 10.3. The van der Waals surface area contributed by atoms with Crippen molar-refractivity contribution in [3.8, 4) is 11.1 Å². The molecule has 0 aliphatic heterocycles. The van der Waals surface area contributed by atoms with Gasteiger partial charge in [0.1, 0.15) is 0 Å². The van der Waals surface area contributed by atoms with E-state index in [1.165, 1.54) is 11.1 Å². The second kappa shape index (κ2) is 6.21. The van der Waals surface area contributed by atoms with E-state index in [9.17, 15) is 0 Å². The van der Waals surface area contributed by atoms with E-state index in [4.69, 9.17) is 18.6 Å². The van der Waals surface area contributed by atoms with Gasteiger partial charge in [0.05, 0.1) is 10.9 Å². The van der Waals surface area contributed by atoms with Crippen LogP contribution in [-0.2, 0) is 0 Å². The van der Waals surface area contributed by atoms with Gasteiger partial charge in [-0.1, -0.05) is 30.3 Å². The maximum absolute atomic E-state index is 8.49. The monoisotopic (exact) mass is 278 g/mol. The van der Waals surface area contributed by atoms with Crippen LogP contribution in [0.5, 0.6) is 0 Å². The Morgan fingerprint density at radius 3 is 1.94 bits per heavy atom. The van der Waals surface area contributed by atoms with Gasteiger partial charge in [-0.25, -0.2) is 18.6 Å². The Labute approximate surface area is 102 Å². The van der Waals surface area contributed by atoms with Crippen molar-refractivity contribution in [1.82, 2.24) is 0 Å². The van der Waals surface area contributed by atoms with Crippen molar-refractivity contribution in [3.05, 3.63) is 41.1 Å². The third-order valence-corrected chi connectivity index (χ3v) is 3.23. The van der Waals surface area contributed by atoms with Gasteiger partial charge in [-0.3, -0.25) is 0 Å². The molecule has 0 aliphatic rings. The van der Waals surface area contributed by atoms with Crippen molar-refractivity contribution in [2.45, 2.75) is 0 Å². The first kappa shape index (κ1) is 13.5. The van der Waals surface area contributed by atoms with E-state index in [1.807, 2.05) is 6.07 Å². The van der Waals surface area contributed by atoms with Gasteiger partial charge >= 0.3 is 0 Å². The molecule has 1 aromatic heterocycles. The average Bonchev–Trinajstić information content (AvgIpc) is 2.69. The van der Waals surface area contributed by atoms with Gasteiger partial charge in [-0.05, 0) is 5.56 Å². The van der Waals surface area contributed by atoms with Gasteiger partial charge in [-0.15, -0.1) is 10.2 Å². The molecule has 86 valence electrons. The summed E-state index contributed by atoms with van der Waals surface area (Å²) in [5.41, 5.74) is 2.64. The molecule has 0 atom stereocenters. The molecule has 0 N–H and O–H groups in total. The maximum Gasteiger partial charge on any atom is 0.292 e. The van der Waals surface area contributed by atoms with E-state index < -0.39 is 10.2 Å². The fourth-order valence-electron chi connectivity index (χ4n) is 0.954. The normalized spacial score (nSPS) is 10.5. The number of halogens is 1. The van der Waals surface area contributed by atoms with Crippen molar-refractivity contribution in [1.29, 1.82) is 0 Å². The van der Waals surface area contributed by atoms with E-state index >= 15 is 0 Å². The third-order valence-electron chi connectivity index (χ3n) is 1.51. The Balaban J connectivity index is 0.000000221. The first-order valence-corrected chi connectivity index (χ1v) is 7.50. The topological polar surface area (TPSA) is 92.2 Å². The molecule has 1 aromatic carbocycles. The maximum atomic E-state index is 8.49. The smallest absolute Gasteiger partial charge is 0.222 e. The van der Waals surface area contributed by atoms with Crippen molar-refractivity contribution < 1.29 is 28.9 Å². The lowest BCUT2D eigenvalue weighted by Crippen LogP contribution is -2.68. The molecule has 16 heavy (non-hydrogen) atoms. The molecule has 0 spiro atoms. The van der Waals surface area contributed by atoms with Crippen molar-refractivity contribution in [3.63, 3.8) is 0 Å². The minimum Gasteiger partial charge on any atom is -0.222 e. The molecule has 0 aliphatic carbocycles. The summed E-state index contributed by atoms with van der Waals surface area (Å²) in [6.07, 6.45) is 0. The standard InChI is InChI=1S/C9H7S2.ClHO4/c1-2-4-8(5-3-1)9-6-10-11-7-9;2-1(3,4)5/h1-7H;(H,2,3,4,5)/q+1;/p-1. The zero-order valence-electron chi connectivity index (χ0n) is 7.87. The lowest BCUT2D eigenvalue weighted by molar-refractivity contribution is -2.00. The number of benzene rings is 1. The molecule has 0 amide bonds. The summed E-state index contributed by atoms with van der Waals surface area (Å²) in [4.78, 5) is 0. The molecule has 7 heteroatoms. The van der Waals surface area contributed by atoms with Gasteiger partial charge in [0.25, 0.3) is 10.3 Å². The highest BCUT2D eigenvalue weighted by molar-refractivity contribution is 7.68. The highest BCUT2D eigenvalue weighted by atomic mass is 35.7. The van der Waals surface area contributed by atoms with Crippen LogP contribution in [0.3, 0.4) is 0 Å². The molecule has 2 rings (SSSR count). The second-order valence-electron chi connectivity index (χ2n) is 2.63. The van der Waals surface area contributed by atoms with Crippen molar-refractivity contribution in [2.24, 2.45) is 0 Å². The number of hydrogen-bond donors (Lipinski definition) is 0. The van der Waals surface area contributed by atoms with Crippen LogP contribution in [0.4, 0.5) is 0 Å². The SMILES string of the molecule is [O-][Cl+3]([O-])([O-])[O-].c1ccc(-c2cs[s+]c2)cc1. The molecule has 1 heterocycles. The highest BCUT2D eigenvalue weighted by Gasteiger charge is 2.02. The Morgan fingerprint density at radius 1 is 0.938 bits per heavy atom. The Hall–Kier alpha value is -0.600. The summed E-state index contributed by atoms with van der Waals surface area (Å²) in [5.74, 6) is 0. The molecule has 4 nitrogen and oxygen atoms in total. The van der Waals surface area contributed by atoms with Crippen molar-refractivity contribution in [2.75, 3.05) is 0 Å². The van der Waals surface area contributed by atoms with Crippen LogP contribution in [0, 0.1) is 10.2 Å².